The van der Waals surface area contributed by atoms with Gasteiger partial charge in [0.2, 0.25) is 5.91 Å². The van der Waals surface area contributed by atoms with Crippen LogP contribution in [-0.4, -0.2) is 25.0 Å². The number of methoxy groups -OCH3 is 1. The van der Waals surface area contributed by atoms with E-state index in [1.165, 1.54) is 7.11 Å². The lowest BCUT2D eigenvalue weighted by atomic mass is 10.1. The lowest BCUT2D eigenvalue weighted by Crippen LogP contribution is -2.41. The Bertz CT molecular complexity index is 251. The summed E-state index contributed by atoms with van der Waals surface area (Å²) >= 11 is 0. The molecule has 0 unspecified atom stereocenters. The molecule has 0 saturated heterocycles. The molecule has 0 aliphatic rings. The molecule has 0 fully saturated rings. The number of unbranched alkanes of at least 4 members (excludes halogenated alkanes) is 3. The zero-order chi connectivity index (χ0) is 14.0. The van der Waals surface area contributed by atoms with E-state index in [4.69, 9.17) is 4.74 Å². The van der Waals surface area contributed by atoms with Gasteiger partial charge in [0, 0.05) is 6.42 Å². The Morgan fingerprint density at radius 2 is 1.83 bits per heavy atom. The fraction of sp³-hybridized carbons (Fsp3) is 0.857. The first-order valence-electron chi connectivity index (χ1n) is 6.88. The molecule has 0 radical (unpaired) electrons. The maximum atomic E-state index is 11.7. The SMILES string of the molecule is CCCCCC[C@@H](NC(=O)CC(C)C)C(=O)OC. The van der Waals surface area contributed by atoms with Gasteiger partial charge in [-0.25, -0.2) is 4.79 Å². The van der Waals surface area contributed by atoms with Gasteiger partial charge in [0.05, 0.1) is 7.11 Å². The molecule has 4 nitrogen and oxygen atoms in total. The summed E-state index contributed by atoms with van der Waals surface area (Å²) < 4.78 is 4.72. The van der Waals surface area contributed by atoms with Crippen molar-refractivity contribution in [2.75, 3.05) is 7.11 Å². The van der Waals surface area contributed by atoms with E-state index in [9.17, 15) is 9.59 Å². The van der Waals surface area contributed by atoms with Crippen molar-refractivity contribution in [3.05, 3.63) is 0 Å². The molecule has 0 saturated carbocycles. The van der Waals surface area contributed by atoms with E-state index in [0.29, 0.717) is 18.8 Å². The van der Waals surface area contributed by atoms with Crippen LogP contribution in [0.4, 0.5) is 0 Å². The number of ether oxygens (including phenoxy) is 1. The molecule has 4 heteroatoms. The predicted molar refractivity (Wildman–Crippen MR) is 72.2 cm³/mol. The number of rotatable bonds is 9. The van der Waals surface area contributed by atoms with Crippen LogP contribution >= 0.6 is 0 Å². The molecule has 0 aromatic carbocycles. The Balaban J connectivity index is 4.14. The molecule has 0 aromatic heterocycles. The van der Waals surface area contributed by atoms with Crippen LogP contribution in [-0.2, 0) is 14.3 Å². The average molecular weight is 257 g/mol. The van der Waals surface area contributed by atoms with Crippen LogP contribution in [0.5, 0.6) is 0 Å². The van der Waals surface area contributed by atoms with E-state index < -0.39 is 6.04 Å². The van der Waals surface area contributed by atoms with Gasteiger partial charge in [-0.3, -0.25) is 4.79 Å². The fourth-order valence-electron chi connectivity index (χ4n) is 1.79. The molecule has 0 rings (SSSR count). The van der Waals surface area contributed by atoms with Gasteiger partial charge >= 0.3 is 5.97 Å². The van der Waals surface area contributed by atoms with Crippen LogP contribution in [0.3, 0.4) is 0 Å². The summed E-state index contributed by atoms with van der Waals surface area (Å²) in [5.41, 5.74) is 0. The van der Waals surface area contributed by atoms with Crippen molar-refractivity contribution >= 4 is 11.9 Å². The highest BCUT2D eigenvalue weighted by atomic mass is 16.5. The number of carbonyl (C=O) groups is 2. The van der Waals surface area contributed by atoms with Crippen LogP contribution in [0.25, 0.3) is 0 Å². The predicted octanol–water partition coefficient (Wildman–Crippen LogP) is 2.66. The van der Waals surface area contributed by atoms with E-state index in [0.717, 1.165) is 25.7 Å². The molecular weight excluding hydrogens is 230 g/mol. The molecule has 106 valence electrons. The molecular formula is C14H27NO3. The third-order valence-corrected chi connectivity index (χ3v) is 2.76. The average Bonchev–Trinajstić information content (AvgIpc) is 2.31. The third kappa shape index (κ3) is 8.09. The van der Waals surface area contributed by atoms with Crippen LogP contribution in [0.15, 0.2) is 0 Å². The first-order chi connectivity index (χ1) is 8.51. The minimum atomic E-state index is -0.488. The van der Waals surface area contributed by atoms with Gasteiger partial charge in [0.15, 0.2) is 0 Å². The second-order valence-corrected chi connectivity index (χ2v) is 5.09. The zero-order valence-electron chi connectivity index (χ0n) is 12.1. The molecule has 1 atom stereocenters. The summed E-state index contributed by atoms with van der Waals surface area (Å²) in [5, 5.41) is 2.76. The summed E-state index contributed by atoms with van der Waals surface area (Å²) in [5.74, 6) is -0.122. The van der Waals surface area contributed by atoms with Gasteiger partial charge in [-0.15, -0.1) is 0 Å². The standard InChI is InChI=1S/C14H27NO3/c1-5-6-7-8-9-12(14(17)18-4)15-13(16)10-11(2)3/h11-12H,5-10H2,1-4H3,(H,15,16)/t12-/m1/s1. The second kappa shape index (κ2) is 9.92. The van der Waals surface area contributed by atoms with E-state index >= 15 is 0 Å². The van der Waals surface area contributed by atoms with Gasteiger partial charge in [-0.05, 0) is 12.3 Å². The third-order valence-electron chi connectivity index (χ3n) is 2.76. The molecule has 1 amide bonds. The van der Waals surface area contributed by atoms with E-state index in [2.05, 4.69) is 12.2 Å². The van der Waals surface area contributed by atoms with Gasteiger partial charge in [0.25, 0.3) is 0 Å². The van der Waals surface area contributed by atoms with E-state index in [1.54, 1.807) is 0 Å². The van der Waals surface area contributed by atoms with Crippen molar-refractivity contribution < 1.29 is 14.3 Å². The molecule has 0 heterocycles. The molecule has 0 aliphatic heterocycles. The number of nitrogens with one attached hydrogen (secondary N) is 1. The highest BCUT2D eigenvalue weighted by Gasteiger charge is 2.21. The van der Waals surface area contributed by atoms with Gasteiger partial charge in [-0.2, -0.15) is 0 Å². The largest absolute Gasteiger partial charge is 0.467 e. The Morgan fingerprint density at radius 3 is 2.33 bits per heavy atom. The topological polar surface area (TPSA) is 55.4 Å². The summed E-state index contributed by atoms with van der Waals surface area (Å²) in [7, 11) is 1.36. The Morgan fingerprint density at radius 1 is 1.17 bits per heavy atom. The highest BCUT2D eigenvalue weighted by molar-refractivity contribution is 5.84. The highest BCUT2D eigenvalue weighted by Crippen LogP contribution is 2.08. The van der Waals surface area contributed by atoms with Gasteiger partial charge in [-0.1, -0.05) is 46.5 Å². The number of hydrogen-bond donors (Lipinski definition) is 1. The normalized spacial score (nSPS) is 12.3. The minimum absolute atomic E-state index is 0.0732. The molecule has 0 aliphatic carbocycles. The summed E-state index contributed by atoms with van der Waals surface area (Å²) in [4.78, 5) is 23.2. The van der Waals surface area contributed by atoms with Gasteiger partial charge in [0.1, 0.15) is 6.04 Å². The number of carbonyl (C=O) groups excluding carboxylic acids is 2. The van der Waals surface area contributed by atoms with Gasteiger partial charge < -0.3 is 10.1 Å². The van der Waals surface area contributed by atoms with E-state index in [1.807, 2.05) is 13.8 Å². The lowest BCUT2D eigenvalue weighted by Gasteiger charge is -2.17. The van der Waals surface area contributed by atoms with E-state index in [-0.39, 0.29) is 11.9 Å². The Hall–Kier alpha value is -1.06. The monoisotopic (exact) mass is 257 g/mol. The second-order valence-electron chi connectivity index (χ2n) is 5.09. The molecule has 1 N–H and O–H groups in total. The molecule has 0 spiro atoms. The quantitative estimate of drug-likeness (QED) is 0.510. The summed E-state index contributed by atoms with van der Waals surface area (Å²) in [6.45, 7) is 6.10. The minimum Gasteiger partial charge on any atom is -0.467 e. The fourth-order valence-corrected chi connectivity index (χ4v) is 1.79. The Kier molecular flexibility index (Phi) is 9.33. The summed E-state index contributed by atoms with van der Waals surface area (Å²) in [6, 6.07) is -0.488. The summed E-state index contributed by atoms with van der Waals surface area (Å²) in [6.07, 6.45) is 5.45. The zero-order valence-corrected chi connectivity index (χ0v) is 12.1. The van der Waals surface area contributed by atoms with Crippen molar-refractivity contribution in [3.8, 4) is 0 Å². The first kappa shape index (κ1) is 16.9. The number of hydrogen-bond acceptors (Lipinski definition) is 3. The van der Waals surface area contributed by atoms with Crippen LogP contribution < -0.4 is 5.32 Å². The Labute approximate surface area is 110 Å². The smallest absolute Gasteiger partial charge is 0.328 e. The van der Waals surface area contributed by atoms with Crippen molar-refractivity contribution in [2.24, 2.45) is 5.92 Å². The molecule has 0 bridgehead atoms. The van der Waals surface area contributed by atoms with Crippen molar-refractivity contribution in [1.29, 1.82) is 0 Å². The number of esters is 1. The molecule has 18 heavy (non-hydrogen) atoms. The van der Waals surface area contributed by atoms with Crippen LogP contribution in [0.2, 0.25) is 0 Å². The first-order valence-corrected chi connectivity index (χ1v) is 6.88. The van der Waals surface area contributed by atoms with Crippen molar-refractivity contribution in [1.82, 2.24) is 5.32 Å². The van der Waals surface area contributed by atoms with Crippen molar-refractivity contribution in [3.63, 3.8) is 0 Å². The maximum Gasteiger partial charge on any atom is 0.328 e. The molecule has 0 aromatic rings. The maximum absolute atomic E-state index is 11.7. The van der Waals surface area contributed by atoms with Crippen LogP contribution in [0.1, 0.15) is 59.3 Å². The number of amides is 1. The van der Waals surface area contributed by atoms with Crippen molar-refractivity contribution in [2.45, 2.75) is 65.3 Å². The lowest BCUT2D eigenvalue weighted by molar-refractivity contribution is -0.145. The van der Waals surface area contributed by atoms with Crippen LogP contribution in [0, 0.1) is 5.92 Å².